The van der Waals surface area contributed by atoms with Crippen LogP contribution in [0.1, 0.15) is 37.2 Å². The van der Waals surface area contributed by atoms with Gasteiger partial charge in [-0.2, -0.15) is 0 Å². The molecule has 0 aliphatic carbocycles. The van der Waals surface area contributed by atoms with Crippen LogP contribution >= 0.6 is 15.9 Å². The van der Waals surface area contributed by atoms with Gasteiger partial charge in [0.1, 0.15) is 17.0 Å². The summed E-state index contributed by atoms with van der Waals surface area (Å²) < 4.78 is 17.4. The van der Waals surface area contributed by atoms with Gasteiger partial charge in [0.05, 0.1) is 17.7 Å². The van der Waals surface area contributed by atoms with Crippen LogP contribution in [0.4, 0.5) is 0 Å². The van der Waals surface area contributed by atoms with Gasteiger partial charge in [-0.15, -0.1) is 0 Å². The number of hydrogen-bond acceptors (Lipinski definition) is 4. The number of ether oxygens (including phenoxy) is 2. The van der Waals surface area contributed by atoms with E-state index in [-0.39, 0.29) is 0 Å². The van der Waals surface area contributed by atoms with E-state index in [0.29, 0.717) is 23.6 Å². The monoisotopic (exact) mass is 405 g/mol. The molecule has 0 saturated heterocycles. The molecule has 6 heteroatoms. The number of carbonyl (C=O) groups is 1. The lowest BCUT2D eigenvalue weighted by atomic mass is 10.1. The number of rotatable bonds is 7. The van der Waals surface area contributed by atoms with Gasteiger partial charge in [-0.05, 0) is 53.5 Å². The Hall–Kier alpha value is -2.21. The summed E-state index contributed by atoms with van der Waals surface area (Å²) in [6.07, 6.45) is 2.15. The number of hydrogen-bond donors (Lipinski definition) is 1. The molecule has 3 rings (SSSR count). The smallest absolute Gasteiger partial charge is 0.354 e. The van der Waals surface area contributed by atoms with Crippen molar-refractivity contribution in [3.63, 3.8) is 0 Å². The summed E-state index contributed by atoms with van der Waals surface area (Å²) in [4.78, 5) is 14.8. The summed E-state index contributed by atoms with van der Waals surface area (Å²) in [6.45, 7) is 4.96. The van der Waals surface area contributed by atoms with E-state index in [1.54, 1.807) is 13.0 Å². The van der Waals surface area contributed by atoms with Crippen LogP contribution in [0, 0.1) is 0 Å². The van der Waals surface area contributed by atoms with E-state index < -0.39 is 5.97 Å². The third-order valence-corrected chi connectivity index (χ3v) is 4.55. The summed E-state index contributed by atoms with van der Waals surface area (Å²) in [5.41, 5.74) is 2.65. The van der Waals surface area contributed by atoms with Crippen molar-refractivity contribution < 1.29 is 18.7 Å². The second-order valence-electron chi connectivity index (χ2n) is 5.61. The zero-order valence-electron chi connectivity index (χ0n) is 14.2. The number of esters is 1. The molecule has 1 aromatic carbocycles. The molecule has 1 N–H and O–H groups in total. The third kappa shape index (κ3) is 3.74. The number of halogens is 1. The maximum Gasteiger partial charge on any atom is 0.354 e. The van der Waals surface area contributed by atoms with Crippen LogP contribution in [0.25, 0.3) is 22.4 Å². The predicted molar refractivity (Wildman–Crippen MR) is 100 cm³/mol. The first-order valence-electron chi connectivity index (χ1n) is 8.35. The van der Waals surface area contributed by atoms with Gasteiger partial charge in [-0.25, -0.2) is 4.79 Å². The molecule has 3 aromatic rings. The van der Waals surface area contributed by atoms with Crippen LogP contribution < -0.4 is 4.74 Å². The third-order valence-electron chi connectivity index (χ3n) is 3.79. The lowest BCUT2D eigenvalue weighted by Gasteiger charge is -2.06. The van der Waals surface area contributed by atoms with Gasteiger partial charge in [0.2, 0.25) is 0 Å². The zero-order valence-corrected chi connectivity index (χ0v) is 15.8. The number of furan rings is 1. The zero-order chi connectivity index (χ0) is 17.8. The molecule has 0 atom stereocenters. The highest BCUT2D eigenvalue weighted by molar-refractivity contribution is 9.10. The number of unbranched alkanes of at least 4 members (excludes halogenated alkanes) is 1. The number of aromatic amines is 1. The first-order valence-corrected chi connectivity index (χ1v) is 9.14. The molecule has 0 bridgehead atoms. The molecule has 0 fully saturated rings. The Morgan fingerprint density at radius 1 is 1.24 bits per heavy atom. The fourth-order valence-electron chi connectivity index (χ4n) is 2.49. The van der Waals surface area contributed by atoms with Crippen LogP contribution in [-0.2, 0) is 4.74 Å². The quantitative estimate of drug-likeness (QED) is 0.413. The van der Waals surface area contributed by atoms with Gasteiger partial charge in [0, 0.05) is 11.6 Å². The van der Waals surface area contributed by atoms with Gasteiger partial charge < -0.3 is 18.9 Å². The first-order chi connectivity index (χ1) is 12.1. The maximum atomic E-state index is 11.8. The van der Waals surface area contributed by atoms with E-state index in [0.717, 1.165) is 40.8 Å². The molecule has 0 aliphatic rings. The molecule has 0 saturated carbocycles. The van der Waals surface area contributed by atoms with E-state index in [4.69, 9.17) is 13.9 Å². The Kier molecular flexibility index (Phi) is 5.48. The SMILES string of the molecule is CCCCOc1ccc(-c2oc3cc(C(=O)OCC)[nH]c3c2Br)cc1. The van der Waals surface area contributed by atoms with Crippen molar-refractivity contribution in [2.24, 2.45) is 0 Å². The minimum Gasteiger partial charge on any atom is -0.494 e. The largest absolute Gasteiger partial charge is 0.494 e. The second-order valence-corrected chi connectivity index (χ2v) is 6.41. The Labute approximate surface area is 154 Å². The van der Waals surface area contributed by atoms with Crippen molar-refractivity contribution in [2.45, 2.75) is 26.7 Å². The molecule has 5 nitrogen and oxygen atoms in total. The lowest BCUT2D eigenvalue weighted by molar-refractivity contribution is 0.0520. The Morgan fingerprint density at radius 3 is 2.64 bits per heavy atom. The van der Waals surface area contributed by atoms with Crippen molar-refractivity contribution >= 4 is 33.0 Å². The fourth-order valence-corrected chi connectivity index (χ4v) is 3.09. The molecule has 2 aromatic heterocycles. The normalized spacial score (nSPS) is 11.0. The average Bonchev–Trinajstić information content (AvgIpc) is 3.16. The Bertz CT molecular complexity index is 864. The van der Waals surface area contributed by atoms with Crippen molar-refractivity contribution in [3.8, 4) is 17.1 Å². The topological polar surface area (TPSA) is 64.5 Å². The van der Waals surface area contributed by atoms with Crippen molar-refractivity contribution in [2.75, 3.05) is 13.2 Å². The summed E-state index contributed by atoms with van der Waals surface area (Å²) in [7, 11) is 0. The Balaban J connectivity index is 1.82. The number of carbonyl (C=O) groups excluding carboxylic acids is 1. The van der Waals surface area contributed by atoms with E-state index in [2.05, 4.69) is 27.8 Å². The molecule has 25 heavy (non-hydrogen) atoms. The van der Waals surface area contributed by atoms with Crippen LogP contribution in [0.5, 0.6) is 5.75 Å². The van der Waals surface area contributed by atoms with Crippen LogP contribution in [0.15, 0.2) is 39.2 Å². The molecule has 132 valence electrons. The van der Waals surface area contributed by atoms with E-state index in [1.165, 1.54) is 0 Å². The average molecular weight is 406 g/mol. The minimum atomic E-state index is -0.393. The number of nitrogens with one attached hydrogen (secondary N) is 1. The molecular weight excluding hydrogens is 386 g/mol. The minimum absolute atomic E-state index is 0.332. The standard InChI is InChI=1S/C19H20BrNO4/c1-3-5-10-24-13-8-6-12(7-9-13)18-16(20)17-15(25-18)11-14(21-17)19(22)23-4-2/h6-9,11,21H,3-5,10H2,1-2H3. The number of benzene rings is 1. The molecule has 0 aliphatic heterocycles. The Morgan fingerprint density at radius 2 is 2.00 bits per heavy atom. The second kappa shape index (κ2) is 7.78. The van der Waals surface area contributed by atoms with E-state index >= 15 is 0 Å². The lowest BCUT2D eigenvalue weighted by Crippen LogP contribution is -2.04. The molecule has 0 radical (unpaired) electrons. The van der Waals surface area contributed by atoms with Gasteiger partial charge in [0.25, 0.3) is 0 Å². The van der Waals surface area contributed by atoms with Crippen LogP contribution in [0.3, 0.4) is 0 Å². The molecule has 0 spiro atoms. The summed E-state index contributed by atoms with van der Waals surface area (Å²) in [6, 6.07) is 9.42. The summed E-state index contributed by atoms with van der Waals surface area (Å²) in [5, 5.41) is 0. The molecule has 2 heterocycles. The van der Waals surface area contributed by atoms with Crippen LogP contribution in [-0.4, -0.2) is 24.2 Å². The highest BCUT2D eigenvalue weighted by Gasteiger charge is 2.19. The maximum absolute atomic E-state index is 11.8. The van der Waals surface area contributed by atoms with Gasteiger partial charge in [-0.1, -0.05) is 13.3 Å². The highest BCUT2D eigenvalue weighted by atomic mass is 79.9. The predicted octanol–water partition coefficient (Wildman–Crippen LogP) is 5.55. The molecule has 0 amide bonds. The van der Waals surface area contributed by atoms with Gasteiger partial charge >= 0.3 is 5.97 Å². The van der Waals surface area contributed by atoms with E-state index in [1.807, 2.05) is 24.3 Å². The fraction of sp³-hybridized carbons (Fsp3) is 0.316. The number of fused-ring (bicyclic) bond motifs is 1. The van der Waals surface area contributed by atoms with Crippen molar-refractivity contribution in [1.82, 2.24) is 4.98 Å². The number of H-pyrrole nitrogens is 1. The molecular formula is C19H20BrNO4. The van der Waals surface area contributed by atoms with Crippen molar-refractivity contribution in [1.29, 1.82) is 0 Å². The van der Waals surface area contributed by atoms with Gasteiger partial charge in [-0.3, -0.25) is 0 Å². The first kappa shape index (κ1) is 17.6. The molecule has 0 unspecified atom stereocenters. The summed E-state index contributed by atoms with van der Waals surface area (Å²) in [5.74, 6) is 1.16. The number of aromatic nitrogens is 1. The summed E-state index contributed by atoms with van der Waals surface area (Å²) >= 11 is 3.55. The highest BCUT2D eigenvalue weighted by Crippen LogP contribution is 2.38. The van der Waals surface area contributed by atoms with Gasteiger partial charge in [0.15, 0.2) is 11.3 Å². The van der Waals surface area contributed by atoms with E-state index in [9.17, 15) is 4.79 Å². The van der Waals surface area contributed by atoms with Crippen LogP contribution in [0.2, 0.25) is 0 Å². The van der Waals surface area contributed by atoms with Crippen molar-refractivity contribution in [3.05, 3.63) is 40.5 Å².